The molecule has 0 aromatic carbocycles. The molecule has 0 aliphatic heterocycles. The first-order chi connectivity index (χ1) is 5.74. The summed E-state index contributed by atoms with van der Waals surface area (Å²) in [6, 6.07) is 1.64. The summed E-state index contributed by atoms with van der Waals surface area (Å²) < 4.78 is 4.70. The lowest BCUT2D eigenvalue weighted by atomic mass is 10.3. The quantitative estimate of drug-likeness (QED) is 0.662. The minimum Gasteiger partial charge on any atom is -0.409 e. The van der Waals surface area contributed by atoms with Gasteiger partial charge in [-0.3, -0.25) is 0 Å². The maximum atomic E-state index is 10.4. The summed E-state index contributed by atoms with van der Waals surface area (Å²) in [6.45, 7) is 3.56. The highest BCUT2D eigenvalue weighted by atomic mass is 16.5. The van der Waals surface area contributed by atoms with Crippen molar-refractivity contribution in [3.8, 4) is 5.75 Å². The Bertz CT molecular complexity index is 291. The van der Waals surface area contributed by atoms with E-state index in [1.807, 2.05) is 0 Å². The fourth-order valence-electron chi connectivity index (χ4n) is 0.898. The molecule has 0 unspecified atom stereocenters. The van der Waals surface area contributed by atoms with Crippen LogP contribution in [0.2, 0.25) is 0 Å². The molecular weight excluding hydrogens is 156 g/mol. The van der Waals surface area contributed by atoms with Crippen LogP contribution >= 0.6 is 0 Å². The first kappa shape index (κ1) is 8.39. The Kier molecular flexibility index (Phi) is 2.53. The molecule has 1 aromatic rings. The van der Waals surface area contributed by atoms with Crippen LogP contribution in [-0.2, 0) is 6.42 Å². The van der Waals surface area contributed by atoms with Crippen molar-refractivity contribution in [3.63, 3.8) is 0 Å². The largest absolute Gasteiger partial charge is 0.410 e. The van der Waals surface area contributed by atoms with E-state index in [0.717, 1.165) is 5.69 Å². The van der Waals surface area contributed by atoms with Crippen LogP contribution in [0.25, 0.3) is 0 Å². The van der Waals surface area contributed by atoms with E-state index in [1.54, 1.807) is 18.3 Å². The van der Waals surface area contributed by atoms with Crippen molar-refractivity contribution in [2.24, 2.45) is 5.73 Å². The van der Waals surface area contributed by atoms with E-state index in [9.17, 15) is 4.79 Å². The number of primary amides is 1. The minimum atomic E-state index is -0.806. The number of ether oxygens (including phenoxy) is 1. The van der Waals surface area contributed by atoms with E-state index in [4.69, 9.17) is 10.5 Å². The second-order valence-corrected chi connectivity index (χ2v) is 2.23. The third-order valence-electron chi connectivity index (χ3n) is 1.35. The summed E-state index contributed by atoms with van der Waals surface area (Å²) in [6.07, 6.45) is 3.20. The van der Waals surface area contributed by atoms with Crippen LogP contribution in [0.4, 0.5) is 4.79 Å². The third-order valence-corrected chi connectivity index (χ3v) is 1.35. The zero-order chi connectivity index (χ0) is 8.97. The number of aromatic nitrogens is 1. The van der Waals surface area contributed by atoms with Crippen molar-refractivity contribution in [2.75, 3.05) is 0 Å². The molecule has 0 aliphatic carbocycles. The smallest absolute Gasteiger partial charge is 0.409 e. The molecule has 64 valence electrons. The molecule has 0 aliphatic rings. The van der Waals surface area contributed by atoms with Crippen molar-refractivity contribution in [2.45, 2.75) is 6.42 Å². The SMILES string of the molecule is C=CCc1[nH]ccc1OC(N)=O. The normalized spacial score (nSPS) is 9.33. The Morgan fingerprint density at radius 2 is 2.58 bits per heavy atom. The van der Waals surface area contributed by atoms with Gasteiger partial charge in [0.25, 0.3) is 0 Å². The lowest BCUT2D eigenvalue weighted by molar-refractivity contribution is 0.210. The number of allylic oxidation sites excluding steroid dienone is 1. The van der Waals surface area contributed by atoms with Gasteiger partial charge in [0, 0.05) is 12.6 Å². The van der Waals surface area contributed by atoms with E-state index in [0.29, 0.717) is 12.2 Å². The molecule has 3 N–H and O–H groups in total. The van der Waals surface area contributed by atoms with Gasteiger partial charge in [0.15, 0.2) is 5.75 Å². The number of nitrogens with one attached hydrogen (secondary N) is 1. The number of aromatic amines is 1. The Morgan fingerprint density at radius 1 is 1.83 bits per heavy atom. The number of H-pyrrole nitrogens is 1. The zero-order valence-electron chi connectivity index (χ0n) is 6.54. The highest BCUT2D eigenvalue weighted by molar-refractivity contribution is 5.68. The maximum Gasteiger partial charge on any atom is 0.410 e. The van der Waals surface area contributed by atoms with Crippen molar-refractivity contribution in [3.05, 3.63) is 30.6 Å². The molecule has 1 amide bonds. The van der Waals surface area contributed by atoms with E-state index in [-0.39, 0.29) is 0 Å². The Morgan fingerprint density at radius 3 is 3.17 bits per heavy atom. The van der Waals surface area contributed by atoms with Crippen LogP contribution in [0.1, 0.15) is 5.69 Å². The van der Waals surface area contributed by atoms with Gasteiger partial charge in [-0.25, -0.2) is 4.79 Å². The van der Waals surface area contributed by atoms with E-state index < -0.39 is 6.09 Å². The van der Waals surface area contributed by atoms with Gasteiger partial charge >= 0.3 is 6.09 Å². The number of nitrogens with two attached hydrogens (primary N) is 1. The lowest BCUT2D eigenvalue weighted by Crippen LogP contribution is -2.16. The average Bonchev–Trinajstić information content (AvgIpc) is 2.37. The maximum absolute atomic E-state index is 10.4. The van der Waals surface area contributed by atoms with Crippen molar-refractivity contribution in [1.29, 1.82) is 0 Å². The predicted molar refractivity (Wildman–Crippen MR) is 44.9 cm³/mol. The molecule has 1 heterocycles. The number of rotatable bonds is 3. The van der Waals surface area contributed by atoms with Gasteiger partial charge in [-0.05, 0) is 6.07 Å². The fourth-order valence-corrected chi connectivity index (χ4v) is 0.898. The lowest BCUT2D eigenvalue weighted by Gasteiger charge is -1.99. The van der Waals surface area contributed by atoms with Gasteiger partial charge < -0.3 is 15.5 Å². The van der Waals surface area contributed by atoms with Gasteiger partial charge in [0.05, 0.1) is 5.69 Å². The van der Waals surface area contributed by atoms with E-state index in [2.05, 4.69) is 11.6 Å². The Balaban J connectivity index is 2.76. The second-order valence-electron chi connectivity index (χ2n) is 2.23. The molecule has 0 bridgehead atoms. The highest BCUT2D eigenvalue weighted by Gasteiger charge is 2.05. The molecule has 1 aromatic heterocycles. The van der Waals surface area contributed by atoms with Gasteiger partial charge in [-0.1, -0.05) is 6.08 Å². The van der Waals surface area contributed by atoms with Crippen LogP contribution in [0, 0.1) is 0 Å². The molecular formula is C8H10N2O2. The van der Waals surface area contributed by atoms with Crippen LogP contribution in [0.5, 0.6) is 5.75 Å². The Hall–Kier alpha value is -1.71. The Labute approximate surface area is 70.0 Å². The summed E-state index contributed by atoms with van der Waals surface area (Å²) in [5.74, 6) is 0.461. The van der Waals surface area contributed by atoms with E-state index >= 15 is 0 Å². The molecule has 0 spiro atoms. The van der Waals surface area contributed by atoms with Crippen molar-refractivity contribution in [1.82, 2.24) is 4.98 Å². The summed E-state index contributed by atoms with van der Waals surface area (Å²) in [5.41, 5.74) is 5.64. The standard InChI is InChI=1S/C8H10N2O2/c1-2-3-6-7(4-5-10-6)12-8(9)11/h2,4-5,10H,1,3H2,(H2,9,11). The summed E-state index contributed by atoms with van der Waals surface area (Å²) >= 11 is 0. The first-order valence-electron chi connectivity index (χ1n) is 3.48. The van der Waals surface area contributed by atoms with Crippen molar-refractivity contribution < 1.29 is 9.53 Å². The molecule has 0 saturated heterocycles. The summed E-state index contributed by atoms with van der Waals surface area (Å²) in [7, 11) is 0. The summed E-state index contributed by atoms with van der Waals surface area (Å²) in [4.78, 5) is 13.3. The molecule has 4 nitrogen and oxygen atoms in total. The van der Waals surface area contributed by atoms with Gasteiger partial charge in [0.2, 0.25) is 0 Å². The molecule has 0 fully saturated rings. The molecule has 4 heteroatoms. The van der Waals surface area contributed by atoms with Crippen molar-refractivity contribution >= 4 is 6.09 Å². The molecule has 0 saturated carbocycles. The monoisotopic (exact) mass is 166 g/mol. The van der Waals surface area contributed by atoms with Crippen LogP contribution in [-0.4, -0.2) is 11.1 Å². The zero-order valence-corrected chi connectivity index (χ0v) is 6.54. The first-order valence-corrected chi connectivity index (χ1v) is 3.48. The number of amides is 1. The third kappa shape index (κ3) is 1.88. The van der Waals surface area contributed by atoms with Gasteiger partial charge in [0.1, 0.15) is 0 Å². The van der Waals surface area contributed by atoms with Gasteiger partial charge in [-0.15, -0.1) is 6.58 Å². The van der Waals surface area contributed by atoms with Crippen LogP contribution in [0.15, 0.2) is 24.9 Å². The molecule has 12 heavy (non-hydrogen) atoms. The molecule has 1 rings (SSSR count). The fraction of sp³-hybridized carbons (Fsp3) is 0.125. The number of carbonyl (C=O) groups excluding carboxylic acids is 1. The highest BCUT2D eigenvalue weighted by Crippen LogP contribution is 2.16. The second kappa shape index (κ2) is 3.61. The van der Waals surface area contributed by atoms with E-state index in [1.165, 1.54) is 0 Å². The molecule has 0 radical (unpaired) electrons. The minimum absolute atomic E-state index is 0.461. The topological polar surface area (TPSA) is 68.1 Å². The summed E-state index contributed by atoms with van der Waals surface area (Å²) in [5, 5.41) is 0. The van der Waals surface area contributed by atoms with Crippen LogP contribution in [0.3, 0.4) is 0 Å². The van der Waals surface area contributed by atoms with Gasteiger partial charge in [-0.2, -0.15) is 0 Å². The molecule has 0 atom stereocenters. The number of hydrogen-bond acceptors (Lipinski definition) is 2. The number of carbonyl (C=O) groups is 1. The van der Waals surface area contributed by atoms with Crippen LogP contribution < -0.4 is 10.5 Å². The number of hydrogen-bond donors (Lipinski definition) is 2. The average molecular weight is 166 g/mol. The predicted octanol–water partition coefficient (Wildman–Crippen LogP) is 1.20.